The predicted molar refractivity (Wildman–Crippen MR) is 93.8 cm³/mol. The summed E-state index contributed by atoms with van der Waals surface area (Å²) in [5.74, 6) is -0.581. The van der Waals surface area contributed by atoms with E-state index in [9.17, 15) is 9.90 Å². The van der Waals surface area contributed by atoms with Gasteiger partial charge in [0.25, 0.3) is 0 Å². The van der Waals surface area contributed by atoms with Crippen LogP contribution < -0.4 is 0 Å². The average Bonchev–Trinajstić information content (AvgIpc) is 3.10. The molecule has 1 N–H and O–H groups in total. The van der Waals surface area contributed by atoms with Crippen LogP contribution in [-0.2, 0) is 19.0 Å². The minimum Gasteiger partial charge on any atom is -0.469 e. The fourth-order valence-corrected chi connectivity index (χ4v) is 6.21. The molecule has 5 aliphatic rings. The van der Waals surface area contributed by atoms with E-state index in [1.165, 1.54) is 11.1 Å². The standard InChI is InChI=1S/C21H28O5/c1-20-8-7-14(22)9-13(20)4-5-15-16(20)6-3-12-10-24-21(2)18(12)17(11-25-21)26-19(15)23/h4,10,14-18,22H,3,5-9,11H2,1-2H3/t14-,15+,16-,17?,18+,20-,21-/m0/s1. The van der Waals surface area contributed by atoms with E-state index in [1.54, 1.807) is 0 Å². The zero-order valence-corrected chi connectivity index (χ0v) is 15.6. The second kappa shape index (κ2) is 5.59. The number of hydrogen-bond acceptors (Lipinski definition) is 5. The van der Waals surface area contributed by atoms with Crippen molar-refractivity contribution in [3.05, 3.63) is 23.5 Å². The molecule has 0 radical (unpaired) electrons. The summed E-state index contributed by atoms with van der Waals surface area (Å²) >= 11 is 0. The molecule has 5 nitrogen and oxygen atoms in total. The molecular weight excluding hydrogens is 332 g/mol. The van der Waals surface area contributed by atoms with Crippen LogP contribution in [0.2, 0.25) is 0 Å². The van der Waals surface area contributed by atoms with E-state index in [2.05, 4.69) is 13.0 Å². The van der Waals surface area contributed by atoms with Crippen LogP contribution in [0.25, 0.3) is 0 Å². The summed E-state index contributed by atoms with van der Waals surface area (Å²) in [5.41, 5.74) is 2.55. The first kappa shape index (κ1) is 16.8. The van der Waals surface area contributed by atoms with Crippen molar-refractivity contribution < 1.29 is 24.1 Å². The minimum absolute atomic E-state index is 0.0135. The molecule has 0 spiro atoms. The number of aliphatic hydroxyl groups excluding tert-OH is 1. The molecule has 3 fully saturated rings. The maximum Gasteiger partial charge on any atom is 0.309 e. The molecule has 142 valence electrons. The molecule has 0 bridgehead atoms. The topological polar surface area (TPSA) is 65.0 Å². The number of carbonyl (C=O) groups excluding carboxylic acids is 1. The van der Waals surface area contributed by atoms with E-state index in [-0.39, 0.29) is 41.3 Å². The summed E-state index contributed by atoms with van der Waals surface area (Å²) in [4.78, 5) is 13.1. The Balaban J connectivity index is 1.50. The first-order chi connectivity index (χ1) is 12.4. The molecule has 26 heavy (non-hydrogen) atoms. The number of hydrogen-bond donors (Lipinski definition) is 1. The van der Waals surface area contributed by atoms with Crippen molar-refractivity contribution in [3.8, 4) is 0 Å². The van der Waals surface area contributed by atoms with Crippen molar-refractivity contribution in [2.45, 2.75) is 70.4 Å². The van der Waals surface area contributed by atoms with Gasteiger partial charge in [-0.2, -0.15) is 0 Å². The second-order valence-corrected chi connectivity index (χ2v) is 9.12. The van der Waals surface area contributed by atoms with E-state index in [1.807, 2.05) is 13.2 Å². The lowest BCUT2D eigenvalue weighted by Crippen LogP contribution is -2.45. The van der Waals surface area contributed by atoms with Crippen molar-refractivity contribution in [1.82, 2.24) is 0 Å². The highest BCUT2D eigenvalue weighted by Gasteiger charge is 2.57. The Morgan fingerprint density at radius 2 is 2.12 bits per heavy atom. The zero-order chi connectivity index (χ0) is 18.1. The van der Waals surface area contributed by atoms with Gasteiger partial charge in [-0.1, -0.05) is 18.6 Å². The van der Waals surface area contributed by atoms with Crippen LogP contribution in [0, 0.1) is 23.2 Å². The Labute approximate surface area is 154 Å². The van der Waals surface area contributed by atoms with Gasteiger partial charge in [-0.15, -0.1) is 0 Å². The second-order valence-electron chi connectivity index (χ2n) is 9.12. The van der Waals surface area contributed by atoms with Crippen molar-refractivity contribution in [3.63, 3.8) is 0 Å². The molecule has 3 aliphatic heterocycles. The van der Waals surface area contributed by atoms with Gasteiger partial charge in [0.15, 0.2) is 0 Å². The molecular formula is C21H28O5. The summed E-state index contributed by atoms with van der Waals surface area (Å²) in [6.45, 7) is 4.65. The summed E-state index contributed by atoms with van der Waals surface area (Å²) in [5, 5.41) is 10.1. The third-order valence-electron chi connectivity index (χ3n) is 7.74. The van der Waals surface area contributed by atoms with Gasteiger partial charge in [-0.25, -0.2) is 0 Å². The Hall–Kier alpha value is -1.33. The zero-order valence-electron chi connectivity index (χ0n) is 15.6. The lowest BCUT2D eigenvalue weighted by molar-refractivity contribution is -0.165. The van der Waals surface area contributed by atoms with Gasteiger partial charge in [-0.05, 0) is 55.4 Å². The van der Waals surface area contributed by atoms with Crippen molar-refractivity contribution in [2.75, 3.05) is 6.61 Å². The normalized spacial score (nSPS) is 50.0. The average molecular weight is 360 g/mol. The summed E-state index contributed by atoms with van der Waals surface area (Å²) < 4.78 is 17.7. The van der Waals surface area contributed by atoms with Crippen LogP contribution in [0.3, 0.4) is 0 Å². The van der Waals surface area contributed by atoms with Crippen molar-refractivity contribution in [2.24, 2.45) is 23.2 Å². The van der Waals surface area contributed by atoms with Gasteiger partial charge in [0.1, 0.15) is 6.10 Å². The molecule has 5 heteroatoms. The van der Waals surface area contributed by atoms with Crippen LogP contribution in [0.15, 0.2) is 23.5 Å². The highest BCUT2D eigenvalue weighted by molar-refractivity contribution is 5.74. The molecule has 0 amide bonds. The van der Waals surface area contributed by atoms with Crippen molar-refractivity contribution in [1.29, 1.82) is 0 Å². The van der Waals surface area contributed by atoms with Gasteiger partial charge in [-0.3, -0.25) is 4.79 Å². The Morgan fingerprint density at radius 1 is 1.27 bits per heavy atom. The molecule has 7 atom stereocenters. The molecule has 3 heterocycles. The number of allylic oxidation sites excluding steroid dienone is 1. The maximum absolute atomic E-state index is 13.1. The first-order valence-electron chi connectivity index (χ1n) is 9.99. The van der Waals surface area contributed by atoms with Crippen LogP contribution in [-0.4, -0.2) is 35.7 Å². The van der Waals surface area contributed by atoms with Crippen LogP contribution in [0.1, 0.15) is 52.4 Å². The number of fused-ring (bicyclic) bond motifs is 3. The lowest BCUT2D eigenvalue weighted by Gasteiger charge is -2.49. The summed E-state index contributed by atoms with van der Waals surface area (Å²) in [6, 6.07) is 0. The molecule has 0 aromatic heterocycles. The van der Waals surface area contributed by atoms with E-state index >= 15 is 0 Å². The molecule has 1 saturated carbocycles. The highest BCUT2D eigenvalue weighted by Crippen LogP contribution is 2.56. The third-order valence-corrected chi connectivity index (χ3v) is 7.74. The fourth-order valence-electron chi connectivity index (χ4n) is 6.21. The lowest BCUT2D eigenvalue weighted by atomic mass is 9.55. The molecule has 0 aromatic carbocycles. The smallest absolute Gasteiger partial charge is 0.309 e. The minimum atomic E-state index is -0.682. The van der Waals surface area contributed by atoms with E-state index < -0.39 is 5.79 Å². The van der Waals surface area contributed by atoms with Crippen LogP contribution >= 0.6 is 0 Å². The van der Waals surface area contributed by atoms with Gasteiger partial charge in [0, 0.05) is 6.92 Å². The van der Waals surface area contributed by atoms with Gasteiger partial charge in [0.2, 0.25) is 5.79 Å². The first-order valence-corrected chi connectivity index (χ1v) is 9.99. The molecule has 1 unspecified atom stereocenters. The quantitative estimate of drug-likeness (QED) is 0.531. The largest absolute Gasteiger partial charge is 0.469 e. The highest BCUT2D eigenvalue weighted by atomic mass is 16.7. The molecule has 2 aliphatic carbocycles. The monoisotopic (exact) mass is 360 g/mol. The van der Waals surface area contributed by atoms with Crippen molar-refractivity contribution >= 4 is 5.97 Å². The summed E-state index contributed by atoms with van der Waals surface area (Å²) in [7, 11) is 0. The third kappa shape index (κ3) is 2.26. The molecule has 5 rings (SSSR count). The molecule has 0 aromatic rings. The Bertz CT molecular complexity index is 697. The Kier molecular flexibility index (Phi) is 3.61. The van der Waals surface area contributed by atoms with Crippen LogP contribution in [0.4, 0.5) is 0 Å². The molecule has 2 saturated heterocycles. The van der Waals surface area contributed by atoms with E-state index in [0.29, 0.717) is 6.61 Å². The number of esters is 1. The summed E-state index contributed by atoms with van der Waals surface area (Å²) in [6.07, 6.45) is 8.68. The van der Waals surface area contributed by atoms with E-state index in [4.69, 9.17) is 14.2 Å². The number of rotatable bonds is 0. The fraction of sp³-hybridized carbons (Fsp3) is 0.762. The number of aliphatic hydroxyl groups is 1. The van der Waals surface area contributed by atoms with Gasteiger partial charge in [0.05, 0.1) is 30.8 Å². The number of ether oxygens (including phenoxy) is 3. The predicted octanol–water partition coefficient (Wildman–Crippen LogP) is 3.08. The van der Waals surface area contributed by atoms with Gasteiger partial charge >= 0.3 is 5.97 Å². The van der Waals surface area contributed by atoms with Gasteiger partial charge < -0.3 is 19.3 Å². The maximum atomic E-state index is 13.1. The SMILES string of the molecule is C[C@]12OC=C3CC[C@H]4[C@@H](CC=C5C[C@@H](O)CC[C@@]54C)C(=O)OC(CO1)[C@@H]32. The van der Waals surface area contributed by atoms with Crippen LogP contribution in [0.5, 0.6) is 0 Å². The van der Waals surface area contributed by atoms with E-state index in [0.717, 1.165) is 38.5 Å². The number of carbonyl (C=O) groups is 1. The Morgan fingerprint density at radius 3 is 2.96 bits per heavy atom.